The fraction of sp³-hybridized carbons (Fsp3) is 0.0172. The van der Waals surface area contributed by atoms with Crippen LogP contribution in [-0.2, 0) is 5.41 Å². The highest BCUT2D eigenvalue weighted by Gasteiger charge is 2.51. The van der Waals surface area contributed by atoms with Crippen molar-refractivity contribution in [3.63, 3.8) is 0 Å². The van der Waals surface area contributed by atoms with Crippen LogP contribution in [0.4, 0.5) is 0 Å². The fourth-order valence-electron chi connectivity index (χ4n) is 10.5. The summed E-state index contributed by atoms with van der Waals surface area (Å²) in [6, 6.07) is 78.5. The number of aromatic nitrogens is 4. The molecule has 13 rings (SSSR count). The predicted molar refractivity (Wildman–Crippen MR) is 252 cm³/mol. The summed E-state index contributed by atoms with van der Waals surface area (Å²) in [5.74, 6) is 1.82. The molecule has 4 nitrogen and oxygen atoms in total. The average Bonchev–Trinajstić information content (AvgIpc) is 3.96. The summed E-state index contributed by atoms with van der Waals surface area (Å²) in [5, 5.41) is 2.28. The van der Waals surface area contributed by atoms with E-state index in [4.69, 9.17) is 15.0 Å². The van der Waals surface area contributed by atoms with Crippen molar-refractivity contribution in [2.75, 3.05) is 0 Å². The Morgan fingerprint density at radius 3 is 1.47 bits per heavy atom. The maximum atomic E-state index is 5.35. The van der Waals surface area contributed by atoms with Crippen molar-refractivity contribution in [1.82, 2.24) is 19.5 Å². The highest BCUT2D eigenvalue weighted by Crippen LogP contribution is 2.63. The normalized spacial score (nSPS) is 13.0. The van der Waals surface area contributed by atoms with Crippen molar-refractivity contribution in [3.05, 3.63) is 241 Å². The SMILES string of the molecule is c1ccc(-c2nc(-c3ccccc3-c3ccccc3)nc(-n3c4ccccc4c4ccc(-c5ccc6c(c5)-c5ccccc5C65c6ccccc6-c6ccccc65)cc43)n2)cc1. The Morgan fingerprint density at radius 2 is 0.774 bits per heavy atom. The zero-order chi connectivity index (χ0) is 40.8. The number of nitrogens with zero attached hydrogens (tertiary/aromatic N) is 4. The maximum absolute atomic E-state index is 5.35. The van der Waals surface area contributed by atoms with Crippen LogP contribution in [0.2, 0.25) is 0 Å². The van der Waals surface area contributed by atoms with Crippen molar-refractivity contribution in [1.29, 1.82) is 0 Å². The van der Waals surface area contributed by atoms with E-state index >= 15 is 0 Å². The number of rotatable bonds is 5. The third-order valence-electron chi connectivity index (χ3n) is 13.1. The molecule has 0 saturated heterocycles. The smallest absolute Gasteiger partial charge is 0.238 e. The Labute approximate surface area is 359 Å². The minimum Gasteiger partial charge on any atom is -0.278 e. The lowest BCUT2D eigenvalue weighted by atomic mass is 9.70. The molecule has 1 spiro atoms. The van der Waals surface area contributed by atoms with Gasteiger partial charge < -0.3 is 0 Å². The molecule has 2 aliphatic carbocycles. The lowest BCUT2D eigenvalue weighted by Crippen LogP contribution is -2.25. The van der Waals surface area contributed by atoms with Gasteiger partial charge >= 0.3 is 0 Å². The van der Waals surface area contributed by atoms with E-state index in [0.717, 1.165) is 55.2 Å². The Hall–Kier alpha value is -8.21. The van der Waals surface area contributed by atoms with E-state index in [-0.39, 0.29) is 5.41 Å². The molecule has 0 unspecified atom stereocenters. The van der Waals surface area contributed by atoms with Crippen LogP contribution in [0.3, 0.4) is 0 Å². The second-order valence-electron chi connectivity index (χ2n) is 16.3. The van der Waals surface area contributed by atoms with Gasteiger partial charge in [0.25, 0.3) is 0 Å². The molecule has 0 aliphatic heterocycles. The quantitative estimate of drug-likeness (QED) is 0.174. The summed E-state index contributed by atoms with van der Waals surface area (Å²) in [5.41, 5.74) is 18.6. The van der Waals surface area contributed by atoms with Gasteiger partial charge in [-0.3, -0.25) is 4.57 Å². The van der Waals surface area contributed by atoms with Crippen molar-refractivity contribution in [3.8, 4) is 73.2 Å². The van der Waals surface area contributed by atoms with Crippen LogP contribution in [0.25, 0.3) is 95.0 Å². The van der Waals surface area contributed by atoms with Crippen LogP contribution in [0.1, 0.15) is 22.3 Å². The van der Waals surface area contributed by atoms with Gasteiger partial charge in [0.05, 0.1) is 16.4 Å². The second-order valence-corrected chi connectivity index (χ2v) is 16.3. The van der Waals surface area contributed by atoms with Gasteiger partial charge in [-0.15, -0.1) is 0 Å². The number of para-hydroxylation sites is 1. The van der Waals surface area contributed by atoms with Crippen LogP contribution in [0.15, 0.2) is 218 Å². The number of fused-ring (bicyclic) bond motifs is 13. The Kier molecular flexibility index (Phi) is 7.49. The molecular weight excluding hydrogens is 753 g/mol. The first-order valence-corrected chi connectivity index (χ1v) is 21.2. The standard InChI is InChI=1S/C58H36N4/c1-3-17-37(18-4-1)41-21-7-8-26-47(41)56-59-55(38-19-5-2-6-20-38)60-57(61-56)62-53-30-16-12-25-45(53)46-33-31-40(36-54(46)62)39-32-34-52-48(35-39)44-24-11-15-29-51(44)58(52)49-27-13-9-22-42(49)43-23-10-14-28-50(43)58/h1-36H. The van der Waals surface area contributed by atoms with Gasteiger partial charge in [-0.2, -0.15) is 9.97 Å². The minimum atomic E-state index is -0.375. The van der Waals surface area contributed by atoms with Gasteiger partial charge in [0, 0.05) is 21.9 Å². The lowest BCUT2D eigenvalue weighted by Gasteiger charge is -2.30. The van der Waals surface area contributed by atoms with E-state index in [2.05, 4.69) is 199 Å². The molecule has 11 aromatic rings. The van der Waals surface area contributed by atoms with E-state index in [1.807, 2.05) is 24.3 Å². The van der Waals surface area contributed by atoms with Crippen LogP contribution >= 0.6 is 0 Å². The van der Waals surface area contributed by atoms with Gasteiger partial charge in [0.15, 0.2) is 11.6 Å². The van der Waals surface area contributed by atoms with E-state index in [9.17, 15) is 0 Å². The molecule has 2 aromatic heterocycles. The first-order chi connectivity index (χ1) is 30.8. The van der Waals surface area contributed by atoms with E-state index in [1.165, 1.54) is 44.5 Å². The molecule has 0 radical (unpaired) electrons. The molecule has 2 heterocycles. The molecule has 9 aromatic carbocycles. The topological polar surface area (TPSA) is 43.6 Å². The number of hydrogen-bond donors (Lipinski definition) is 0. The van der Waals surface area contributed by atoms with Crippen molar-refractivity contribution in [2.24, 2.45) is 0 Å². The summed E-state index contributed by atoms with van der Waals surface area (Å²) in [7, 11) is 0. The van der Waals surface area contributed by atoms with Crippen LogP contribution in [-0.4, -0.2) is 19.5 Å². The van der Waals surface area contributed by atoms with Crippen molar-refractivity contribution < 1.29 is 0 Å². The van der Waals surface area contributed by atoms with Gasteiger partial charge in [-0.1, -0.05) is 200 Å². The molecule has 0 atom stereocenters. The summed E-state index contributed by atoms with van der Waals surface area (Å²) >= 11 is 0. The zero-order valence-corrected chi connectivity index (χ0v) is 33.6. The molecular formula is C58H36N4. The number of benzene rings is 9. The monoisotopic (exact) mass is 788 g/mol. The second kappa shape index (κ2) is 13.4. The molecule has 288 valence electrons. The largest absolute Gasteiger partial charge is 0.278 e. The number of hydrogen-bond acceptors (Lipinski definition) is 3. The molecule has 0 saturated carbocycles. The molecule has 0 N–H and O–H groups in total. The molecule has 2 aliphatic rings. The zero-order valence-electron chi connectivity index (χ0n) is 33.6. The van der Waals surface area contributed by atoms with E-state index in [0.29, 0.717) is 17.6 Å². The summed E-state index contributed by atoms with van der Waals surface area (Å²) < 4.78 is 2.22. The summed E-state index contributed by atoms with van der Waals surface area (Å²) in [6.07, 6.45) is 0. The summed E-state index contributed by atoms with van der Waals surface area (Å²) in [6.45, 7) is 0. The lowest BCUT2D eigenvalue weighted by molar-refractivity contribution is 0.794. The Balaban J connectivity index is 1.02. The summed E-state index contributed by atoms with van der Waals surface area (Å²) in [4.78, 5) is 15.8. The molecule has 62 heavy (non-hydrogen) atoms. The van der Waals surface area contributed by atoms with Gasteiger partial charge in [-0.05, 0) is 85.0 Å². The van der Waals surface area contributed by atoms with Crippen LogP contribution in [0.5, 0.6) is 0 Å². The molecule has 0 bridgehead atoms. The van der Waals surface area contributed by atoms with Crippen LogP contribution < -0.4 is 0 Å². The van der Waals surface area contributed by atoms with Crippen LogP contribution in [0, 0.1) is 0 Å². The van der Waals surface area contributed by atoms with Crippen molar-refractivity contribution in [2.45, 2.75) is 5.41 Å². The third kappa shape index (κ3) is 4.92. The first-order valence-electron chi connectivity index (χ1n) is 21.2. The average molecular weight is 789 g/mol. The highest BCUT2D eigenvalue weighted by atomic mass is 15.2. The molecule has 4 heteroatoms. The Morgan fingerprint density at radius 1 is 0.290 bits per heavy atom. The molecule has 0 fully saturated rings. The third-order valence-corrected chi connectivity index (χ3v) is 13.1. The van der Waals surface area contributed by atoms with Gasteiger partial charge in [-0.25, -0.2) is 4.98 Å². The van der Waals surface area contributed by atoms with Gasteiger partial charge in [0.1, 0.15) is 0 Å². The van der Waals surface area contributed by atoms with E-state index in [1.54, 1.807) is 0 Å². The maximum Gasteiger partial charge on any atom is 0.238 e. The fourth-order valence-corrected chi connectivity index (χ4v) is 10.5. The van der Waals surface area contributed by atoms with E-state index < -0.39 is 0 Å². The molecule has 0 amide bonds. The minimum absolute atomic E-state index is 0.375. The first kappa shape index (κ1) is 34.6. The van der Waals surface area contributed by atoms with Crippen molar-refractivity contribution >= 4 is 21.8 Å². The van der Waals surface area contributed by atoms with Gasteiger partial charge in [0.2, 0.25) is 5.95 Å². The predicted octanol–water partition coefficient (Wildman–Crippen LogP) is 14.0. The highest BCUT2D eigenvalue weighted by molar-refractivity contribution is 6.10. The Bertz CT molecular complexity index is 3540.